The van der Waals surface area contributed by atoms with E-state index in [9.17, 15) is 14.4 Å². The van der Waals surface area contributed by atoms with Gasteiger partial charge in [-0.3, -0.25) is 14.4 Å². The number of anilines is 1. The summed E-state index contributed by atoms with van der Waals surface area (Å²) in [5.74, 6) is -1.97. The zero-order valence-corrected chi connectivity index (χ0v) is 24.9. The topological polar surface area (TPSA) is 66.5 Å². The maximum absolute atomic E-state index is 14.9. The summed E-state index contributed by atoms with van der Waals surface area (Å²) < 4.78 is 0. The lowest BCUT2D eigenvalue weighted by Crippen LogP contribution is -2.49. The van der Waals surface area contributed by atoms with E-state index in [2.05, 4.69) is 12.2 Å². The molecule has 5 nitrogen and oxygen atoms in total. The molecular weight excluding hydrogens is 579 g/mol. The Hall–Kier alpha value is -4.19. The lowest BCUT2D eigenvalue weighted by molar-refractivity contribution is -0.122. The second kappa shape index (κ2) is 10.5. The predicted octanol–water partition coefficient (Wildman–Crippen LogP) is 7.93. The van der Waals surface area contributed by atoms with Crippen LogP contribution in [0.1, 0.15) is 62.4 Å². The number of para-hydroxylation sites is 1. The molecule has 0 aliphatic carbocycles. The molecule has 43 heavy (non-hydrogen) atoms. The number of hydrogen-bond donors (Lipinski definition) is 1. The van der Waals surface area contributed by atoms with Crippen LogP contribution in [0.2, 0.25) is 10.0 Å². The van der Waals surface area contributed by atoms with Crippen molar-refractivity contribution < 1.29 is 14.4 Å². The SMILES string of the molecule is CCCc1ccc(C(=O)[C@@H]2[C@H](C(=O)c3ccc(Cl)cc3Cl)N3C=Cc4ccccc4[C@@H]3[C@@]23C(=O)Nc2ccccc23)cc1. The zero-order chi connectivity index (χ0) is 29.9. The van der Waals surface area contributed by atoms with Crippen LogP contribution in [0.25, 0.3) is 6.08 Å². The largest absolute Gasteiger partial charge is 0.358 e. The van der Waals surface area contributed by atoms with Gasteiger partial charge in [0.15, 0.2) is 11.6 Å². The number of Topliss-reactive ketones (excluding diaryl/α,β-unsaturated/α-hetero) is 2. The van der Waals surface area contributed by atoms with E-state index in [1.54, 1.807) is 12.1 Å². The van der Waals surface area contributed by atoms with Gasteiger partial charge in [0.2, 0.25) is 5.91 Å². The van der Waals surface area contributed by atoms with E-state index >= 15 is 0 Å². The van der Waals surface area contributed by atoms with Crippen LogP contribution in [0.15, 0.2) is 97.2 Å². The first-order chi connectivity index (χ1) is 20.9. The van der Waals surface area contributed by atoms with Gasteiger partial charge in [-0.25, -0.2) is 0 Å². The molecule has 0 saturated carbocycles. The summed E-state index contributed by atoms with van der Waals surface area (Å²) in [7, 11) is 0. The second-order valence-electron chi connectivity index (χ2n) is 11.4. The lowest BCUT2D eigenvalue weighted by Gasteiger charge is -2.38. The molecule has 214 valence electrons. The molecule has 1 saturated heterocycles. The fourth-order valence-electron chi connectivity index (χ4n) is 7.32. The Morgan fingerprint density at radius 2 is 1.65 bits per heavy atom. The molecular formula is C36H28Cl2N2O3. The number of nitrogens with zero attached hydrogens (tertiary/aromatic N) is 1. The molecule has 1 fully saturated rings. The highest BCUT2D eigenvalue weighted by Gasteiger charge is 2.70. The summed E-state index contributed by atoms with van der Waals surface area (Å²) in [6.45, 7) is 2.11. The van der Waals surface area contributed by atoms with Crippen molar-refractivity contribution in [3.05, 3.63) is 141 Å². The summed E-state index contributed by atoms with van der Waals surface area (Å²) in [6.07, 6.45) is 5.67. The molecule has 1 spiro atoms. The summed E-state index contributed by atoms with van der Waals surface area (Å²) in [5.41, 5.74) is 3.61. The van der Waals surface area contributed by atoms with Crippen molar-refractivity contribution in [3.8, 4) is 0 Å². The Morgan fingerprint density at radius 3 is 2.42 bits per heavy atom. The highest BCUT2D eigenvalue weighted by molar-refractivity contribution is 6.37. The van der Waals surface area contributed by atoms with Crippen molar-refractivity contribution in [2.24, 2.45) is 5.92 Å². The van der Waals surface area contributed by atoms with Gasteiger partial charge in [0, 0.05) is 28.0 Å². The number of carbonyl (C=O) groups excluding carboxylic acids is 3. The number of fused-ring (bicyclic) bond motifs is 6. The molecule has 1 N–H and O–H groups in total. The van der Waals surface area contributed by atoms with E-state index < -0.39 is 23.4 Å². The maximum atomic E-state index is 14.9. The first-order valence-corrected chi connectivity index (χ1v) is 15.2. The minimum Gasteiger partial charge on any atom is -0.358 e. The molecule has 0 bridgehead atoms. The van der Waals surface area contributed by atoms with E-state index in [1.807, 2.05) is 90.0 Å². The highest BCUT2D eigenvalue weighted by Crippen LogP contribution is 2.62. The maximum Gasteiger partial charge on any atom is 0.238 e. The molecule has 1 amide bonds. The summed E-state index contributed by atoms with van der Waals surface area (Å²) >= 11 is 12.8. The van der Waals surface area contributed by atoms with Gasteiger partial charge in [0.05, 0.1) is 17.0 Å². The molecule has 0 radical (unpaired) electrons. The number of benzene rings is 4. The number of hydrogen-bond acceptors (Lipinski definition) is 4. The van der Waals surface area contributed by atoms with Crippen LogP contribution < -0.4 is 5.32 Å². The molecule has 7 rings (SSSR count). The van der Waals surface area contributed by atoms with Crippen molar-refractivity contribution in [1.82, 2.24) is 4.90 Å². The van der Waals surface area contributed by atoms with Crippen molar-refractivity contribution >= 4 is 52.4 Å². The number of halogens is 2. The van der Waals surface area contributed by atoms with Crippen LogP contribution in [0.3, 0.4) is 0 Å². The number of carbonyl (C=O) groups is 3. The lowest BCUT2D eigenvalue weighted by atomic mass is 9.62. The van der Waals surface area contributed by atoms with E-state index in [4.69, 9.17) is 23.2 Å². The average molecular weight is 608 g/mol. The summed E-state index contributed by atoms with van der Waals surface area (Å²) in [5, 5.41) is 3.68. The second-order valence-corrected chi connectivity index (χ2v) is 12.2. The van der Waals surface area contributed by atoms with Crippen LogP contribution >= 0.6 is 23.2 Å². The summed E-state index contributed by atoms with van der Waals surface area (Å²) in [4.78, 5) is 46.1. The molecule has 0 aromatic heterocycles. The highest BCUT2D eigenvalue weighted by atomic mass is 35.5. The van der Waals surface area contributed by atoms with Crippen molar-refractivity contribution in [1.29, 1.82) is 0 Å². The standard InChI is InChI=1S/C36H28Cl2N2O3/c1-2-7-21-12-14-23(15-13-21)32(41)30-31(33(42)26-17-16-24(37)20-28(26)38)40-19-18-22-8-3-4-9-25(22)34(40)36(30)27-10-5-6-11-29(27)39-35(36)43/h3-6,8-20,30-31,34H,2,7H2,1H3,(H,39,43)/t30-,31+,34+,36-/m0/s1. The molecule has 3 aliphatic heterocycles. The quantitative estimate of drug-likeness (QED) is 0.226. The van der Waals surface area contributed by atoms with E-state index in [-0.39, 0.29) is 28.1 Å². The predicted molar refractivity (Wildman–Crippen MR) is 170 cm³/mol. The van der Waals surface area contributed by atoms with Crippen molar-refractivity contribution in [2.45, 2.75) is 37.3 Å². The first-order valence-electron chi connectivity index (χ1n) is 14.4. The van der Waals surface area contributed by atoms with Gasteiger partial charge in [-0.05, 0) is 59.0 Å². The van der Waals surface area contributed by atoms with Gasteiger partial charge in [-0.1, -0.05) is 103 Å². The van der Waals surface area contributed by atoms with E-state index in [1.165, 1.54) is 6.07 Å². The molecule has 4 atom stereocenters. The molecule has 0 unspecified atom stereocenters. The van der Waals surface area contributed by atoms with Crippen molar-refractivity contribution in [3.63, 3.8) is 0 Å². The minimum atomic E-state index is -1.39. The van der Waals surface area contributed by atoms with Gasteiger partial charge in [-0.15, -0.1) is 0 Å². The van der Waals surface area contributed by atoms with E-state index in [0.717, 1.165) is 29.5 Å². The number of aryl methyl sites for hydroxylation is 1. The van der Waals surface area contributed by atoms with Gasteiger partial charge in [-0.2, -0.15) is 0 Å². The molecule has 7 heteroatoms. The van der Waals surface area contributed by atoms with Crippen LogP contribution in [-0.4, -0.2) is 28.4 Å². The number of nitrogens with one attached hydrogen (secondary N) is 1. The Bertz CT molecular complexity index is 1830. The molecule has 3 heterocycles. The molecule has 4 aromatic carbocycles. The van der Waals surface area contributed by atoms with Crippen molar-refractivity contribution in [2.75, 3.05) is 5.32 Å². The molecule has 4 aromatic rings. The fraction of sp³-hybridized carbons (Fsp3) is 0.194. The molecule has 3 aliphatic rings. The number of rotatable bonds is 6. The fourth-order valence-corrected chi connectivity index (χ4v) is 7.82. The zero-order valence-electron chi connectivity index (χ0n) is 23.4. The average Bonchev–Trinajstić information content (AvgIpc) is 3.49. The van der Waals surface area contributed by atoms with Crippen LogP contribution in [0, 0.1) is 5.92 Å². The minimum absolute atomic E-state index is 0.197. The van der Waals surface area contributed by atoms with Crippen LogP contribution in [-0.2, 0) is 16.6 Å². The van der Waals surface area contributed by atoms with Crippen LogP contribution in [0.4, 0.5) is 5.69 Å². The Balaban J connectivity index is 1.51. The van der Waals surface area contributed by atoms with Gasteiger partial charge >= 0.3 is 0 Å². The third-order valence-corrected chi connectivity index (χ3v) is 9.64. The summed E-state index contributed by atoms with van der Waals surface area (Å²) in [6, 6.07) is 26.0. The smallest absolute Gasteiger partial charge is 0.238 e. The van der Waals surface area contributed by atoms with Gasteiger partial charge < -0.3 is 10.2 Å². The number of ketones is 2. The van der Waals surface area contributed by atoms with E-state index in [0.29, 0.717) is 21.8 Å². The Morgan fingerprint density at radius 1 is 0.907 bits per heavy atom. The first kappa shape index (κ1) is 27.6. The normalized spacial score (nSPS) is 23.1. The monoisotopic (exact) mass is 606 g/mol. The Kier molecular flexibility index (Phi) is 6.76. The third-order valence-electron chi connectivity index (χ3n) is 9.10. The third kappa shape index (κ3) is 4.10. The van der Waals surface area contributed by atoms with Gasteiger partial charge in [0.1, 0.15) is 11.5 Å². The Labute approximate surface area is 260 Å². The van der Waals surface area contributed by atoms with Crippen LogP contribution in [0.5, 0.6) is 0 Å². The van der Waals surface area contributed by atoms with Gasteiger partial charge in [0.25, 0.3) is 0 Å². The number of amides is 1.